The van der Waals surface area contributed by atoms with Crippen LogP contribution in [0.1, 0.15) is 28.4 Å². The van der Waals surface area contributed by atoms with Crippen molar-refractivity contribution < 1.29 is 9.53 Å². The van der Waals surface area contributed by atoms with Crippen molar-refractivity contribution in [3.05, 3.63) is 51.6 Å². The van der Waals surface area contributed by atoms with Crippen LogP contribution >= 0.6 is 15.9 Å². The molecular formula is C16H17BrN2O2. The molecule has 1 N–H and O–H groups in total. The van der Waals surface area contributed by atoms with Crippen molar-refractivity contribution >= 4 is 28.0 Å². The molecule has 0 atom stereocenters. The molecule has 21 heavy (non-hydrogen) atoms. The van der Waals surface area contributed by atoms with E-state index in [-0.39, 0.29) is 0 Å². The van der Waals surface area contributed by atoms with Crippen molar-refractivity contribution in [3.8, 4) is 5.75 Å². The molecule has 0 saturated carbocycles. The number of anilines is 1. The molecule has 0 fully saturated rings. The van der Waals surface area contributed by atoms with Crippen molar-refractivity contribution in [1.29, 1.82) is 0 Å². The summed E-state index contributed by atoms with van der Waals surface area (Å²) in [5, 5.41) is 3.31. The molecular weight excluding hydrogens is 332 g/mol. The fraction of sp³-hybridized carbons (Fsp3) is 0.250. The van der Waals surface area contributed by atoms with Gasteiger partial charge in [-0.15, -0.1) is 0 Å². The van der Waals surface area contributed by atoms with Gasteiger partial charge in [-0.05, 0) is 34.0 Å². The fourth-order valence-corrected chi connectivity index (χ4v) is 2.68. The van der Waals surface area contributed by atoms with E-state index in [1.165, 1.54) is 0 Å². The molecule has 1 aromatic carbocycles. The van der Waals surface area contributed by atoms with Crippen LogP contribution in [0, 0.1) is 0 Å². The van der Waals surface area contributed by atoms with Gasteiger partial charge in [0.05, 0.1) is 11.6 Å². The number of aromatic nitrogens is 1. The first-order valence-electron chi connectivity index (χ1n) is 6.69. The Kier molecular flexibility index (Phi) is 5.33. The van der Waals surface area contributed by atoms with E-state index in [1.54, 1.807) is 19.4 Å². The van der Waals surface area contributed by atoms with E-state index in [9.17, 15) is 4.79 Å². The van der Waals surface area contributed by atoms with Crippen molar-refractivity contribution in [2.75, 3.05) is 12.4 Å². The minimum atomic E-state index is 0.604. The highest BCUT2D eigenvalue weighted by molar-refractivity contribution is 9.10. The zero-order valence-electron chi connectivity index (χ0n) is 12.0. The number of nitrogens with zero attached hydrogens (tertiary/aromatic N) is 1. The maximum atomic E-state index is 10.8. The largest absolute Gasteiger partial charge is 0.495 e. The predicted molar refractivity (Wildman–Crippen MR) is 87.0 cm³/mol. The van der Waals surface area contributed by atoms with E-state index < -0.39 is 0 Å². The molecule has 2 rings (SSSR count). The molecule has 0 saturated heterocycles. The second-order valence-electron chi connectivity index (χ2n) is 4.54. The molecule has 0 amide bonds. The van der Waals surface area contributed by atoms with Crippen LogP contribution in [0.4, 0.5) is 5.82 Å². The number of rotatable bonds is 6. The van der Waals surface area contributed by atoms with Crippen LogP contribution in [0.15, 0.2) is 34.9 Å². The van der Waals surface area contributed by atoms with Gasteiger partial charge in [0.1, 0.15) is 17.9 Å². The Balaban J connectivity index is 2.21. The van der Waals surface area contributed by atoms with Crippen LogP contribution in [-0.2, 0) is 13.0 Å². The highest BCUT2D eigenvalue weighted by atomic mass is 79.9. The van der Waals surface area contributed by atoms with Crippen molar-refractivity contribution in [2.24, 2.45) is 0 Å². The van der Waals surface area contributed by atoms with E-state index in [0.717, 1.165) is 39.9 Å². The minimum Gasteiger partial charge on any atom is -0.495 e. The molecule has 5 heteroatoms. The van der Waals surface area contributed by atoms with Crippen molar-refractivity contribution in [2.45, 2.75) is 19.9 Å². The smallest absolute Gasteiger partial charge is 0.150 e. The maximum Gasteiger partial charge on any atom is 0.150 e. The van der Waals surface area contributed by atoms with Crippen LogP contribution < -0.4 is 10.1 Å². The third-order valence-electron chi connectivity index (χ3n) is 3.19. The average molecular weight is 349 g/mol. The summed E-state index contributed by atoms with van der Waals surface area (Å²) in [7, 11) is 1.65. The van der Waals surface area contributed by atoms with Gasteiger partial charge in [-0.3, -0.25) is 4.79 Å². The number of benzene rings is 1. The Hall–Kier alpha value is -1.88. The molecule has 2 aromatic rings. The third-order valence-corrected chi connectivity index (χ3v) is 3.75. The van der Waals surface area contributed by atoms with E-state index in [1.807, 2.05) is 18.2 Å². The van der Waals surface area contributed by atoms with Gasteiger partial charge in [0.25, 0.3) is 0 Å². The second kappa shape index (κ2) is 7.22. The number of carbonyl (C=O) groups excluding carboxylic acids is 1. The Morgan fingerprint density at radius 2 is 2.24 bits per heavy atom. The van der Waals surface area contributed by atoms with E-state index >= 15 is 0 Å². The average Bonchev–Trinajstić information content (AvgIpc) is 2.53. The van der Waals surface area contributed by atoms with Crippen LogP contribution in [-0.4, -0.2) is 18.4 Å². The molecule has 0 spiro atoms. The lowest BCUT2D eigenvalue weighted by molar-refractivity contribution is 0.112. The SMILES string of the molecule is CCc1c(NCc2cccc(C=O)c2)ncc(Br)c1OC. The summed E-state index contributed by atoms with van der Waals surface area (Å²) < 4.78 is 6.27. The lowest BCUT2D eigenvalue weighted by Crippen LogP contribution is -2.06. The molecule has 1 heterocycles. The van der Waals surface area contributed by atoms with Gasteiger partial charge in [-0.25, -0.2) is 4.98 Å². The lowest BCUT2D eigenvalue weighted by Gasteiger charge is -2.14. The first-order valence-corrected chi connectivity index (χ1v) is 7.48. The first kappa shape index (κ1) is 15.5. The molecule has 1 aromatic heterocycles. The molecule has 110 valence electrons. The Morgan fingerprint density at radius 3 is 2.90 bits per heavy atom. The van der Waals surface area contributed by atoms with Crippen LogP contribution in [0.25, 0.3) is 0 Å². The van der Waals surface area contributed by atoms with Crippen LogP contribution in [0.2, 0.25) is 0 Å². The number of pyridine rings is 1. The third kappa shape index (κ3) is 3.61. The summed E-state index contributed by atoms with van der Waals surface area (Å²) in [5.41, 5.74) is 2.73. The van der Waals surface area contributed by atoms with Gasteiger partial charge in [0.2, 0.25) is 0 Å². The zero-order valence-corrected chi connectivity index (χ0v) is 13.6. The standard InChI is InChI=1S/C16H17BrN2O2/c1-3-13-15(21-2)14(17)9-19-16(13)18-8-11-5-4-6-12(7-11)10-20/h4-7,9-10H,3,8H2,1-2H3,(H,18,19). The number of halogens is 1. The summed E-state index contributed by atoms with van der Waals surface area (Å²) >= 11 is 3.44. The normalized spacial score (nSPS) is 10.2. The van der Waals surface area contributed by atoms with Gasteiger partial charge in [0.15, 0.2) is 0 Å². The monoisotopic (exact) mass is 348 g/mol. The Morgan fingerprint density at radius 1 is 1.43 bits per heavy atom. The number of hydrogen-bond donors (Lipinski definition) is 1. The van der Waals surface area contributed by atoms with E-state index in [0.29, 0.717) is 12.1 Å². The lowest BCUT2D eigenvalue weighted by atomic mass is 10.1. The molecule has 0 unspecified atom stereocenters. The first-order chi connectivity index (χ1) is 10.2. The highest BCUT2D eigenvalue weighted by Gasteiger charge is 2.12. The number of ether oxygens (including phenoxy) is 1. The summed E-state index contributed by atoms with van der Waals surface area (Å²) in [5.74, 6) is 1.60. The number of carbonyl (C=O) groups is 1. The van der Waals surface area contributed by atoms with Crippen LogP contribution in [0.3, 0.4) is 0 Å². The molecule has 0 aliphatic rings. The summed E-state index contributed by atoms with van der Waals surface area (Å²) in [6.45, 7) is 2.66. The predicted octanol–water partition coefficient (Wildman–Crippen LogP) is 3.84. The summed E-state index contributed by atoms with van der Waals surface area (Å²) in [4.78, 5) is 15.2. The molecule has 4 nitrogen and oxygen atoms in total. The van der Waals surface area contributed by atoms with Crippen LogP contribution in [0.5, 0.6) is 5.75 Å². The number of nitrogens with one attached hydrogen (secondary N) is 1. The number of hydrogen-bond acceptors (Lipinski definition) is 4. The van der Waals surface area contributed by atoms with Gasteiger partial charge in [0, 0.05) is 23.9 Å². The van der Waals surface area contributed by atoms with Gasteiger partial charge in [-0.1, -0.05) is 25.1 Å². The van der Waals surface area contributed by atoms with E-state index in [4.69, 9.17) is 4.74 Å². The Labute approximate surface area is 132 Å². The summed E-state index contributed by atoms with van der Waals surface area (Å²) in [6.07, 6.45) is 3.39. The quantitative estimate of drug-likeness (QED) is 0.805. The maximum absolute atomic E-state index is 10.8. The fourth-order valence-electron chi connectivity index (χ4n) is 2.17. The minimum absolute atomic E-state index is 0.604. The topological polar surface area (TPSA) is 51.2 Å². The second-order valence-corrected chi connectivity index (χ2v) is 5.39. The molecule has 0 radical (unpaired) electrons. The summed E-state index contributed by atoms with van der Waals surface area (Å²) in [6, 6.07) is 7.50. The van der Waals surface area contributed by atoms with Gasteiger partial charge < -0.3 is 10.1 Å². The highest BCUT2D eigenvalue weighted by Crippen LogP contribution is 2.33. The van der Waals surface area contributed by atoms with E-state index in [2.05, 4.69) is 33.2 Å². The number of aldehydes is 1. The Bertz CT molecular complexity index is 644. The molecule has 0 aliphatic heterocycles. The van der Waals surface area contributed by atoms with Crippen molar-refractivity contribution in [1.82, 2.24) is 4.98 Å². The number of methoxy groups -OCH3 is 1. The van der Waals surface area contributed by atoms with Gasteiger partial charge >= 0.3 is 0 Å². The molecule has 0 bridgehead atoms. The van der Waals surface area contributed by atoms with Crippen molar-refractivity contribution in [3.63, 3.8) is 0 Å². The molecule has 0 aliphatic carbocycles. The zero-order chi connectivity index (χ0) is 15.2. The van der Waals surface area contributed by atoms with Gasteiger partial charge in [-0.2, -0.15) is 0 Å².